The molecule has 0 aliphatic heterocycles. The first-order valence-corrected chi connectivity index (χ1v) is 5.45. The van der Waals surface area contributed by atoms with E-state index >= 15 is 0 Å². The predicted molar refractivity (Wildman–Crippen MR) is 59.0 cm³/mol. The zero-order chi connectivity index (χ0) is 11.0. The van der Waals surface area contributed by atoms with Crippen LogP contribution in [0, 0.1) is 0 Å². The van der Waals surface area contributed by atoms with Crippen molar-refractivity contribution in [2.24, 2.45) is 5.73 Å². The molecule has 0 radical (unpaired) electrons. The van der Waals surface area contributed by atoms with Crippen LogP contribution in [0.1, 0.15) is 30.0 Å². The van der Waals surface area contributed by atoms with Crippen LogP contribution in [-0.2, 0) is 6.54 Å². The molecule has 2 aromatic rings. The molecule has 2 aromatic heterocycles. The van der Waals surface area contributed by atoms with Gasteiger partial charge < -0.3 is 5.73 Å². The van der Waals surface area contributed by atoms with Gasteiger partial charge in [-0.15, -0.1) is 5.10 Å². The molecule has 1 aliphatic carbocycles. The molecule has 0 aromatic carbocycles. The van der Waals surface area contributed by atoms with Crippen LogP contribution in [-0.4, -0.2) is 20.0 Å². The zero-order valence-electron chi connectivity index (χ0n) is 8.87. The summed E-state index contributed by atoms with van der Waals surface area (Å²) in [6.07, 6.45) is 6.08. The standard InChI is InChI=1S/C11H13N5/c12-7-9-3-5-13-14-11(9)16-6-4-10(15-16)8-1-2-8/h3-6,8H,1-2,7,12H2. The lowest BCUT2D eigenvalue weighted by Gasteiger charge is -2.04. The maximum atomic E-state index is 5.66. The normalized spacial score (nSPS) is 15.3. The van der Waals surface area contributed by atoms with Gasteiger partial charge in [-0.05, 0) is 25.0 Å². The van der Waals surface area contributed by atoms with Gasteiger partial charge in [-0.25, -0.2) is 4.68 Å². The monoisotopic (exact) mass is 215 g/mol. The summed E-state index contributed by atoms with van der Waals surface area (Å²) >= 11 is 0. The van der Waals surface area contributed by atoms with Gasteiger partial charge >= 0.3 is 0 Å². The first-order chi connectivity index (χ1) is 7.88. The van der Waals surface area contributed by atoms with E-state index in [0.717, 1.165) is 17.1 Å². The fourth-order valence-electron chi connectivity index (χ4n) is 1.76. The van der Waals surface area contributed by atoms with Crippen LogP contribution in [0.3, 0.4) is 0 Å². The third kappa shape index (κ3) is 1.59. The Labute approximate surface area is 93.3 Å². The molecular weight excluding hydrogens is 202 g/mol. The summed E-state index contributed by atoms with van der Waals surface area (Å²) in [6.45, 7) is 0.448. The lowest BCUT2D eigenvalue weighted by Crippen LogP contribution is -2.08. The van der Waals surface area contributed by atoms with Gasteiger partial charge in [0.1, 0.15) is 0 Å². The Morgan fingerprint density at radius 3 is 3.00 bits per heavy atom. The van der Waals surface area contributed by atoms with Crippen LogP contribution in [0.2, 0.25) is 0 Å². The smallest absolute Gasteiger partial charge is 0.180 e. The minimum absolute atomic E-state index is 0.448. The van der Waals surface area contributed by atoms with Crippen molar-refractivity contribution in [1.29, 1.82) is 0 Å². The highest BCUT2D eigenvalue weighted by Gasteiger charge is 2.26. The molecule has 5 heteroatoms. The molecule has 0 saturated heterocycles. The molecule has 5 nitrogen and oxygen atoms in total. The molecule has 1 aliphatic rings. The van der Waals surface area contributed by atoms with E-state index in [1.165, 1.54) is 12.8 Å². The van der Waals surface area contributed by atoms with E-state index in [1.54, 1.807) is 10.9 Å². The molecule has 2 heterocycles. The lowest BCUT2D eigenvalue weighted by atomic mass is 10.3. The third-order valence-electron chi connectivity index (χ3n) is 2.82. The molecule has 1 fully saturated rings. The number of aromatic nitrogens is 4. The summed E-state index contributed by atoms with van der Waals surface area (Å²) in [5.74, 6) is 1.39. The molecule has 0 atom stereocenters. The van der Waals surface area contributed by atoms with Crippen molar-refractivity contribution < 1.29 is 0 Å². The highest BCUT2D eigenvalue weighted by atomic mass is 15.3. The van der Waals surface area contributed by atoms with Crippen LogP contribution >= 0.6 is 0 Å². The number of nitrogens with zero attached hydrogens (tertiary/aromatic N) is 4. The largest absolute Gasteiger partial charge is 0.326 e. The van der Waals surface area contributed by atoms with E-state index in [9.17, 15) is 0 Å². The predicted octanol–water partition coefficient (Wildman–Crippen LogP) is 0.998. The fraction of sp³-hybridized carbons (Fsp3) is 0.364. The van der Waals surface area contributed by atoms with Crippen molar-refractivity contribution in [2.75, 3.05) is 0 Å². The average Bonchev–Trinajstić information content (AvgIpc) is 3.07. The van der Waals surface area contributed by atoms with Crippen molar-refractivity contribution in [3.63, 3.8) is 0 Å². The zero-order valence-corrected chi connectivity index (χ0v) is 8.87. The van der Waals surface area contributed by atoms with Gasteiger partial charge in [0.25, 0.3) is 0 Å². The molecule has 0 amide bonds. The Balaban J connectivity index is 2.00. The van der Waals surface area contributed by atoms with Crippen LogP contribution < -0.4 is 5.73 Å². The number of hydrogen-bond donors (Lipinski definition) is 1. The van der Waals surface area contributed by atoms with Gasteiger partial charge in [0.05, 0.1) is 11.9 Å². The Bertz CT molecular complexity index is 501. The van der Waals surface area contributed by atoms with Crippen LogP contribution in [0.5, 0.6) is 0 Å². The maximum Gasteiger partial charge on any atom is 0.180 e. The Hall–Kier alpha value is -1.75. The van der Waals surface area contributed by atoms with Crippen LogP contribution in [0.4, 0.5) is 0 Å². The highest BCUT2D eigenvalue weighted by molar-refractivity contribution is 5.31. The second-order valence-electron chi connectivity index (χ2n) is 4.04. The van der Waals surface area contributed by atoms with Crippen molar-refractivity contribution in [2.45, 2.75) is 25.3 Å². The van der Waals surface area contributed by atoms with E-state index < -0.39 is 0 Å². The molecule has 0 bridgehead atoms. The van der Waals surface area contributed by atoms with E-state index in [1.807, 2.05) is 18.3 Å². The lowest BCUT2D eigenvalue weighted by molar-refractivity contribution is 0.771. The highest BCUT2D eigenvalue weighted by Crippen LogP contribution is 2.38. The van der Waals surface area contributed by atoms with Gasteiger partial charge in [0.15, 0.2) is 5.82 Å². The number of rotatable bonds is 3. The van der Waals surface area contributed by atoms with Crippen LogP contribution in [0.15, 0.2) is 24.5 Å². The Morgan fingerprint density at radius 2 is 2.25 bits per heavy atom. The van der Waals surface area contributed by atoms with E-state index in [2.05, 4.69) is 15.3 Å². The Morgan fingerprint density at radius 1 is 1.38 bits per heavy atom. The number of hydrogen-bond acceptors (Lipinski definition) is 4. The minimum atomic E-state index is 0.448. The van der Waals surface area contributed by atoms with E-state index in [4.69, 9.17) is 5.73 Å². The first kappa shape index (κ1) is 9.47. The summed E-state index contributed by atoms with van der Waals surface area (Å²) in [4.78, 5) is 0. The van der Waals surface area contributed by atoms with Crippen molar-refractivity contribution in [3.05, 3.63) is 35.8 Å². The van der Waals surface area contributed by atoms with Gasteiger partial charge in [-0.1, -0.05) is 0 Å². The van der Waals surface area contributed by atoms with Gasteiger partial charge in [0.2, 0.25) is 0 Å². The quantitative estimate of drug-likeness (QED) is 0.829. The molecule has 2 N–H and O–H groups in total. The summed E-state index contributed by atoms with van der Waals surface area (Å²) < 4.78 is 1.77. The molecule has 0 unspecified atom stereocenters. The molecule has 3 rings (SSSR count). The second-order valence-corrected chi connectivity index (χ2v) is 4.04. The van der Waals surface area contributed by atoms with Crippen LogP contribution in [0.25, 0.3) is 5.82 Å². The minimum Gasteiger partial charge on any atom is -0.326 e. The molecule has 82 valence electrons. The topological polar surface area (TPSA) is 69.6 Å². The summed E-state index contributed by atoms with van der Waals surface area (Å²) in [6, 6.07) is 3.92. The number of nitrogens with two attached hydrogens (primary N) is 1. The average molecular weight is 215 g/mol. The van der Waals surface area contributed by atoms with Crippen molar-refractivity contribution in [3.8, 4) is 5.82 Å². The first-order valence-electron chi connectivity index (χ1n) is 5.45. The fourth-order valence-corrected chi connectivity index (χ4v) is 1.76. The van der Waals surface area contributed by atoms with Gasteiger partial charge in [0, 0.05) is 24.2 Å². The van der Waals surface area contributed by atoms with Gasteiger partial charge in [-0.3, -0.25) is 0 Å². The summed E-state index contributed by atoms with van der Waals surface area (Å²) in [5, 5.41) is 12.5. The molecule has 0 spiro atoms. The second kappa shape index (κ2) is 3.68. The molecule has 16 heavy (non-hydrogen) atoms. The molecule has 1 saturated carbocycles. The maximum absolute atomic E-state index is 5.66. The third-order valence-corrected chi connectivity index (χ3v) is 2.82. The van der Waals surface area contributed by atoms with Crippen molar-refractivity contribution in [1.82, 2.24) is 20.0 Å². The Kier molecular flexibility index (Phi) is 2.18. The SMILES string of the molecule is NCc1ccnnc1-n1ccc(C2CC2)n1. The van der Waals surface area contributed by atoms with E-state index in [0.29, 0.717) is 12.5 Å². The summed E-state index contributed by atoms with van der Waals surface area (Å²) in [5.41, 5.74) is 7.76. The van der Waals surface area contributed by atoms with Crippen molar-refractivity contribution >= 4 is 0 Å². The van der Waals surface area contributed by atoms with Gasteiger partial charge in [-0.2, -0.15) is 10.2 Å². The summed E-state index contributed by atoms with van der Waals surface area (Å²) in [7, 11) is 0. The molecular formula is C11H13N5. The van der Waals surface area contributed by atoms with E-state index in [-0.39, 0.29) is 0 Å².